The average Bonchev–Trinajstić information content (AvgIpc) is 2.98. The normalized spacial score (nSPS) is 19.2. The topological polar surface area (TPSA) is 108 Å². The van der Waals surface area contributed by atoms with E-state index in [4.69, 9.17) is 5.11 Å². The first kappa shape index (κ1) is 21.6. The number of imide groups is 1. The number of benzene rings is 1. The fraction of sp³-hybridized carbons (Fsp3) is 0.474. The summed E-state index contributed by atoms with van der Waals surface area (Å²) in [5.41, 5.74) is 0.956. The Balaban J connectivity index is 0.000000187. The number of halogens is 2. The largest absolute Gasteiger partial charge is 0.480 e. The number of rotatable bonds is 3. The second kappa shape index (κ2) is 8.74. The number of carbonyl (C=O) groups is 3. The molecule has 0 atom stereocenters. The SMILES string of the molecule is Cn1nc(N2CCC(=O)NC2=O)c2ccccc21.O=C(O)CN1CCCC(F)(F)C1. The van der Waals surface area contributed by atoms with Crippen LogP contribution in [-0.2, 0) is 16.6 Å². The number of carbonyl (C=O) groups excluding carboxylic acids is 2. The van der Waals surface area contributed by atoms with E-state index in [1.165, 1.54) is 9.80 Å². The molecule has 2 N–H and O–H groups in total. The molecule has 162 valence electrons. The van der Waals surface area contributed by atoms with Gasteiger partial charge in [0, 0.05) is 31.8 Å². The molecule has 9 nitrogen and oxygen atoms in total. The predicted octanol–water partition coefficient (Wildman–Crippen LogP) is 1.82. The van der Waals surface area contributed by atoms with E-state index in [-0.39, 0.29) is 18.9 Å². The Kier molecular flexibility index (Phi) is 6.30. The van der Waals surface area contributed by atoms with Gasteiger partial charge in [-0.2, -0.15) is 5.10 Å². The van der Waals surface area contributed by atoms with E-state index in [0.717, 1.165) is 10.9 Å². The molecule has 3 amide bonds. The van der Waals surface area contributed by atoms with Crippen molar-refractivity contribution in [2.45, 2.75) is 25.2 Å². The number of nitrogens with zero attached hydrogens (tertiary/aromatic N) is 4. The van der Waals surface area contributed by atoms with Crippen LogP contribution in [0.2, 0.25) is 0 Å². The lowest BCUT2D eigenvalue weighted by atomic mass is 10.1. The van der Waals surface area contributed by atoms with Crippen LogP contribution >= 0.6 is 0 Å². The first-order chi connectivity index (χ1) is 14.2. The molecule has 2 aromatic rings. The molecule has 0 aliphatic carbocycles. The van der Waals surface area contributed by atoms with Gasteiger partial charge in [0.15, 0.2) is 5.82 Å². The Morgan fingerprint density at radius 3 is 2.67 bits per heavy atom. The molecule has 0 spiro atoms. The second-order valence-corrected chi connectivity index (χ2v) is 7.28. The van der Waals surface area contributed by atoms with Crippen molar-refractivity contribution in [3.63, 3.8) is 0 Å². The van der Waals surface area contributed by atoms with Crippen molar-refractivity contribution in [1.29, 1.82) is 0 Å². The number of alkyl halides is 2. The van der Waals surface area contributed by atoms with E-state index >= 15 is 0 Å². The molecule has 2 aliphatic heterocycles. The fourth-order valence-electron chi connectivity index (χ4n) is 3.53. The molecule has 2 fully saturated rings. The number of aliphatic carboxylic acids is 1. The maximum Gasteiger partial charge on any atom is 0.329 e. The number of piperidine rings is 1. The van der Waals surface area contributed by atoms with Crippen LogP contribution in [0.5, 0.6) is 0 Å². The number of para-hydroxylation sites is 1. The second-order valence-electron chi connectivity index (χ2n) is 7.28. The molecule has 1 aromatic carbocycles. The number of carboxylic acids is 1. The number of fused-ring (bicyclic) bond motifs is 1. The Hall–Kier alpha value is -3.08. The van der Waals surface area contributed by atoms with Gasteiger partial charge in [0.1, 0.15) is 0 Å². The van der Waals surface area contributed by atoms with E-state index < -0.39 is 24.5 Å². The van der Waals surface area contributed by atoms with Gasteiger partial charge in [-0.25, -0.2) is 13.6 Å². The molecule has 4 rings (SSSR count). The van der Waals surface area contributed by atoms with Crippen molar-refractivity contribution in [2.24, 2.45) is 7.05 Å². The highest BCUT2D eigenvalue weighted by Gasteiger charge is 2.35. The number of carboxylic acid groups (broad SMARTS) is 1. The van der Waals surface area contributed by atoms with Crippen LogP contribution < -0.4 is 10.2 Å². The summed E-state index contributed by atoms with van der Waals surface area (Å²) in [6, 6.07) is 7.28. The van der Waals surface area contributed by atoms with Crippen molar-refractivity contribution in [3.8, 4) is 0 Å². The molecule has 2 saturated heterocycles. The quantitative estimate of drug-likeness (QED) is 0.780. The summed E-state index contributed by atoms with van der Waals surface area (Å²) in [5, 5.41) is 15.9. The van der Waals surface area contributed by atoms with Crippen LogP contribution in [0, 0.1) is 0 Å². The van der Waals surface area contributed by atoms with Gasteiger partial charge in [-0.15, -0.1) is 0 Å². The summed E-state index contributed by atoms with van der Waals surface area (Å²) < 4.78 is 27.1. The van der Waals surface area contributed by atoms with Gasteiger partial charge in [-0.3, -0.25) is 29.4 Å². The predicted molar refractivity (Wildman–Crippen MR) is 104 cm³/mol. The first-order valence-corrected chi connectivity index (χ1v) is 9.51. The van der Waals surface area contributed by atoms with Gasteiger partial charge in [-0.1, -0.05) is 12.1 Å². The van der Waals surface area contributed by atoms with E-state index in [1.54, 1.807) is 4.68 Å². The monoisotopic (exact) mass is 423 g/mol. The summed E-state index contributed by atoms with van der Waals surface area (Å²) >= 11 is 0. The third-order valence-electron chi connectivity index (χ3n) is 4.88. The summed E-state index contributed by atoms with van der Waals surface area (Å²) in [5.74, 6) is -3.39. The molecule has 11 heteroatoms. The Morgan fingerprint density at radius 1 is 1.27 bits per heavy atom. The maximum absolute atomic E-state index is 12.7. The van der Waals surface area contributed by atoms with Crippen molar-refractivity contribution >= 4 is 34.6 Å². The Bertz CT molecular complexity index is 962. The molecule has 30 heavy (non-hydrogen) atoms. The lowest BCUT2D eigenvalue weighted by Crippen LogP contribution is -2.49. The van der Waals surface area contributed by atoms with E-state index in [9.17, 15) is 23.2 Å². The number of hydrogen-bond acceptors (Lipinski definition) is 5. The maximum atomic E-state index is 12.7. The van der Waals surface area contributed by atoms with Gasteiger partial charge in [0.05, 0.1) is 18.6 Å². The van der Waals surface area contributed by atoms with Crippen molar-refractivity contribution < 1.29 is 28.3 Å². The van der Waals surface area contributed by atoms with Gasteiger partial charge >= 0.3 is 12.0 Å². The van der Waals surface area contributed by atoms with Gasteiger partial charge in [0.25, 0.3) is 5.92 Å². The smallest absolute Gasteiger partial charge is 0.329 e. The molecule has 0 saturated carbocycles. The highest BCUT2D eigenvalue weighted by molar-refractivity contribution is 6.08. The molecule has 2 aliphatic rings. The number of urea groups is 1. The highest BCUT2D eigenvalue weighted by Crippen LogP contribution is 2.27. The van der Waals surface area contributed by atoms with Crippen LogP contribution in [0.1, 0.15) is 19.3 Å². The number of hydrogen-bond donors (Lipinski definition) is 2. The van der Waals surface area contributed by atoms with Crippen molar-refractivity contribution in [1.82, 2.24) is 20.0 Å². The minimum Gasteiger partial charge on any atom is -0.480 e. The number of nitrogens with one attached hydrogen (secondary N) is 1. The third kappa shape index (κ3) is 5.09. The lowest BCUT2D eigenvalue weighted by Gasteiger charge is -2.30. The zero-order chi connectivity index (χ0) is 21.9. The van der Waals surface area contributed by atoms with E-state index in [0.29, 0.717) is 31.7 Å². The van der Waals surface area contributed by atoms with Crippen LogP contribution in [0.25, 0.3) is 10.9 Å². The molecule has 0 bridgehead atoms. The van der Waals surface area contributed by atoms with Gasteiger partial charge in [-0.05, 0) is 25.1 Å². The highest BCUT2D eigenvalue weighted by atomic mass is 19.3. The summed E-state index contributed by atoms with van der Waals surface area (Å²) in [4.78, 5) is 35.9. The first-order valence-electron chi connectivity index (χ1n) is 9.51. The molecular formula is C19H23F2N5O4. The average molecular weight is 423 g/mol. The van der Waals surface area contributed by atoms with Crippen molar-refractivity contribution in [3.05, 3.63) is 24.3 Å². The molecule has 0 unspecified atom stereocenters. The molecular weight excluding hydrogens is 400 g/mol. The van der Waals surface area contributed by atoms with Crippen LogP contribution in [0.3, 0.4) is 0 Å². The summed E-state index contributed by atoms with van der Waals surface area (Å²) in [7, 11) is 1.83. The summed E-state index contributed by atoms with van der Waals surface area (Å²) in [6.45, 7) is 0.127. The van der Waals surface area contributed by atoms with Crippen LogP contribution in [0.15, 0.2) is 24.3 Å². The number of anilines is 1. The molecule has 0 radical (unpaired) electrons. The Labute approximate surface area is 171 Å². The molecule has 1 aromatic heterocycles. The molecule has 3 heterocycles. The Morgan fingerprint density at radius 2 is 2.00 bits per heavy atom. The standard InChI is InChI=1S/C12H12N4O2.C7H11F2NO2/c1-15-9-5-3-2-4-8(9)11(14-15)16-7-6-10(17)13-12(16)18;8-7(9)2-1-3-10(5-7)4-6(11)12/h2-5H,6-7H2,1H3,(H,13,17,18);1-5H2,(H,11,12). The van der Waals surface area contributed by atoms with Crippen molar-refractivity contribution in [2.75, 3.05) is 31.1 Å². The zero-order valence-electron chi connectivity index (χ0n) is 16.5. The number of aryl methyl sites for hydroxylation is 1. The van der Waals surface area contributed by atoms with Gasteiger partial charge in [0.2, 0.25) is 5.91 Å². The number of aromatic nitrogens is 2. The van der Waals surface area contributed by atoms with Crippen LogP contribution in [-0.4, -0.2) is 69.8 Å². The zero-order valence-corrected chi connectivity index (χ0v) is 16.5. The summed E-state index contributed by atoms with van der Waals surface area (Å²) in [6.07, 6.45) is 0.556. The minimum atomic E-state index is -2.70. The minimum absolute atomic E-state index is 0.122. The van der Waals surface area contributed by atoms with Gasteiger partial charge < -0.3 is 5.11 Å². The fourth-order valence-corrected chi connectivity index (χ4v) is 3.53. The lowest BCUT2D eigenvalue weighted by molar-refractivity contribution is -0.141. The third-order valence-corrected chi connectivity index (χ3v) is 4.88. The van der Waals surface area contributed by atoms with E-state index in [1.807, 2.05) is 31.3 Å². The number of amides is 3. The number of likely N-dealkylation sites (tertiary alicyclic amines) is 1. The van der Waals surface area contributed by atoms with Crippen LogP contribution in [0.4, 0.5) is 19.4 Å². The van der Waals surface area contributed by atoms with E-state index in [2.05, 4.69) is 10.4 Å².